The van der Waals surface area contributed by atoms with Crippen molar-refractivity contribution in [2.24, 2.45) is 5.92 Å². The van der Waals surface area contributed by atoms with Crippen LogP contribution in [0.2, 0.25) is 0 Å². The first-order valence-electron chi connectivity index (χ1n) is 12.4. The summed E-state index contributed by atoms with van der Waals surface area (Å²) >= 11 is 0. The summed E-state index contributed by atoms with van der Waals surface area (Å²) in [6.07, 6.45) is 8.08. The van der Waals surface area contributed by atoms with Gasteiger partial charge in [-0.05, 0) is 60.7 Å². The van der Waals surface area contributed by atoms with E-state index in [-0.39, 0.29) is 17.6 Å². The molecule has 2 aliphatic rings. The Labute approximate surface area is 199 Å². The van der Waals surface area contributed by atoms with Crippen LogP contribution in [0.4, 0.5) is 0 Å². The molecule has 0 bridgehead atoms. The average molecular weight is 467 g/mol. The fourth-order valence-electron chi connectivity index (χ4n) is 5.68. The van der Waals surface area contributed by atoms with Gasteiger partial charge in [-0.2, -0.15) is 0 Å². The van der Waals surface area contributed by atoms with E-state index in [1.54, 1.807) is 14.2 Å². The summed E-state index contributed by atoms with van der Waals surface area (Å²) < 4.78 is 12.9. The molecule has 0 spiro atoms. The molecule has 5 rings (SSSR count). The second-order valence-electron chi connectivity index (χ2n) is 9.77. The molecule has 0 amide bonds. The van der Waals surface area contributed by atoms with E-state index in [0.717, 1.165) is 43.6 Å². The molecule has 2 fully saturated rings. The van der Waals surface area contributed by atoms with Gasteiger partial charge in [-0.15, -0.1) is 5.10 Å². The molecule has 1 aliphatic carbocycles. The largest absolute Gasteiger partial charge is 0.493 e. The van der Waals surface area contributed by atoms with Crippen molar-refractivity contribution < 1.29 is 9.47 Å². The van der Waals surface area contributed by atoms with Crippen LogP contribution in [0.5, 0.6) is 11.5 Å². The molecule has 0 radical (unpaired) electrons. The highest BCUT2D eigenvalue weighted by Gasteiger charge is 2.34. The SMILES string of the molecule is COc1cc2cc(C(c3nnnn3C3CCCCC3)N3CCCC(C)C3)c(=O)[nH]c2cc1OC. The molecule has 1 aliphatic heterocycles. The lowest BCUT2D eigenvalue weighted by atomic mass is 9.93. The molecule has 2 aromatic heterocycles. The highest BCUT2D eigenvalue weighted by atomic mass is 16.5. The van der Waals surface area contributed by atoms with E-state index in [1.165, 1.54) is 25.7 Å². The number of fused-ring (bicyclic) bond motifs is 1. The number of hydrogen-bond donors (Lipinski definition) is 1. The Balaban J connectivity index is 1.65. The van der Waals surface area contributed by atoms with Gasteiger partial charge in [0, 0.05) is 23.6 Å². The molecule has 34 heavy (non-hydrogen) atoms. The molecule has 9 heteroatoms. The van der Waals surface area contributed by atoms with E-state index in [1.807, 2.05) is 22.9 Å². The lowest BCUT2D eigenvalue weighted by Crippen LogP contribution is -2.41. The number of methoxy groups -OCH3 is 2. The zero-order valence-electron chi connectivity index (χ0n) is 20.3. The number of nitrogens with one attached hydrogen (secondary N) is 1. The van der Waals surface area contributed by atoms with Gasteiger partial charge in [0.2, 0.25) is 0 Å². The first-order valence-corrected chi connectivity index (χ1v) is 12.4. The van der Waals surface area contributed by atoms with Crippen molar-refractivity contribution in [3.8, 4) is 11.5 Å². The van der Waals surface area contributed by atoms with Crippen molar-refractivity contribution in [2.45, 2.75) is 64.0 Å². The predicted molar refractivity (Wildman–Crippen MR) is 129 cm³/mol. The molecule has 1 N–H and O–H groups in total. The summed E-state index contributed by atoms with van der Waals surface area (Å²) in [6.45, 7) is 4.09. The molecule has 3 aromatic rings. The van der Waals surface area contributed by atoms with Gasteiger partial charge in [0.05, 0.1) is 25.8 Å². The normalized spacial score (nSPS) is 21.0. The summed E-state index contributed by atoms with van der Waals surface area (Å²) in [5.74, 6) is 2.54. The molecule has 1 saturated heterocycles. The summed E-state index contributed by atoms with van der Waals surface area (Å²) in [5.41, 5.74) is 1.26. The average Bonchev–Trinajstić information content (AvgIpc) is 3.34. The number of rotatable bonds is 6. The molecular weight excluding hydrogens is 432 g/mol. The number of hydrogen-bond acceptors (Lipinski definition) is 7. The quantitative estimate of drug-likeness (QED) is 0.589. The van der Waals surface area contributed by atoms with E-state index in [4.69, 9.17) is 9.47 Å². The minimum absolute atomic E-state index is 0.124. The van der Waals surface area contributed by atoms with Crippen LogP contribution in [0, 0.1) is 5.92 Å². The molecule has 2 atom stereocenters. The summed E-state index contributed by atoms with van der Waals surface area (Å²) in [5, 5.41) is 13.9. The van der Waals surface area contributed by atoms with Crippen LogP contribution in [-0.2, 0) is 0 Å². The third-order valence-corrected chi connectivity index (χ3v) is 7.41. The third-order valence-electron chi connectivity index (χ3n) is 7.41. The lowest BCUT2D eigenvalue weighted by Gasteiger charge is -2.37. The minimum Gasteiger partial charge on any atom is -0.493 e. The van der Waals surface area contributed by atoms with Crippen LogP contribution in [-0.4, -0.2) is 57.4 Å². The van der Waals surface area contributed by atoms with Gasteiger partial charge < -0.3 is 14.5 Å². The maximum atomic E-state index is 13.5. The fraction of sp³-hybridized carbons (Fsp3) is 0.600. The maximum Gasteiger partial charge on any atom is 0.253 e. The fourth-order valence-corrected chi connectivity index (χ4v) is 5.68. The smallest absolute Gasteiger partial charge is 0.253 e. The number of nitrogens with zero attached hydrogens (tertiary/aromatic N) is 5. The van der Waals surface area contributed by atoms with E-state index in [0.29, 0.717) is 28.5 Å². The number of H-pyrrole nitrogens is 1. The molecule has 1 saturated carbocycles. The highest BCUT2D eigenvalue weighted by Crippen LogP contribution is 2.36. The van der Waals surface area contributed by atoms with Crippen molar-refractivity contribution in [1.29, 1.82) is 0 Å². The van der Waals surface area contributed by atoms with Crippen LogP contribution in [0.3, 0.4) is 0 Å². The molecule has 182 valence electrons. The van der Waals surface area contributed by atoms with E-state index in [2.05, 4.69) is 32.3 Å². The highest BCUT2D eigenvalue weighted by molar-refractivity contribution is 5.83. The summed E-state index contributed by atoms with van der Waals surface area (Å²) in [7, 11) is 3.21. The van der Waals surface area contributed by atoms with E-state index in [9.17, 15) is 4.79 Å². The Hall–Kier alpha value is -2.94. The number of pyridine rings is 1. The predicted octanol–water partition coefficient (Wildman–Crippen LogP) is 3.86. The zero-order valence-corrected chi connectivity index (χ0v) is 20.3. The minimum atomic E-state index is -0.305. The first kappa shape index (κ1) is 22.8. The zero-order chi connectivity index (χ0) is 23.7. The third kappa shape index (κ3) is 4.29. The van der Waals surface area contributed by atoms with Crippen molar-refractivity contribution >= 4 is 10.9 Å². The van der Waals surface area contributed by atoms with Crippen molar-refractivity contribution in [3.63, 3.8) is 0 Å². The van der Waals surface area contributed by atoms with Crippen LogP contribution in [0.15, 0.2) is 23.0 Å². The standard InChI is InChI=1S/C25H34N6O3/c1-16-8-7-11-30(15-16)23(24-27-28-29-31(24)18-9-5-4-6-10-18)19-12-17-13-21(33-2)22(34-3)14-20(17)26-25(19)32/h12-14,16,18,23H,4-11,15H2,1-3H3,(H,26,32). The Morgan fingerprint density at radius 2 is 1.79 bits per heavy atom. The van der Waals surface area contributed by atoms with Gasteiger partial charge >= 0.3 is 0 Å². The molecule has 1 aromatic carbocycles. The monoisotopic (exact) mass is 466 g/mol. The number of tetrazole rings is 1. The molecule has 9 nitrogen and oxygen atoms in total. The second kappa shape index (κ2) is 9.74. The topological polar surface area (TPSA) is 98.2 Å². The van der Waals surface area contributed by atoms with Crippen LogP contribution >= 0.6 is 0 Å². The Morgan fingerprint density at radius 1 is 1.03 bits per heavy atom. The number of aromatic nitrogens is 5. The number of benzene rings is 1. The lowest BCUT2D eigenvalue weighted by molar-refractivity contribution is 0.138. The number of likely N-dealkylation sites (tertiary alicyclic amines) is 1. The number of ether oxygens (including phenoxy) is 2. The van der Waals surface area contributed by atoms with Crippen molar-refractivity contribution in [3.05, 3.63) is 39.9 Å². The van der Waals surface area contributed by atoms with Crippen molar-refractivity contribution in [2.75, 3.05) is 27.3 Å². The molecular formula is C25H34N6O3. The van der Waals surface area contributed by atoms with Crippen LogP contribution in [0.25, 0.3) is 10.9 Å². The van der Waals surface area contributed by atoms with Crippen LogP contribution in [0.1, 0.15) is 75.3 Å². The van der Waals surface area contributed by atoms with Gasteiger partial charge in [0.1, 0.15) is 6.04 Å². The van der Waals surface area contributed by atoms with Gasteiger partial charge in [-0.3, -0.25) is 9.69 Å². The van der Waals surface area contributed by atoms with Gasteiger partial charge in [-0.25, -0.2) is 4.68 Å². The van der Waals surface area contributed by atoms with Gasteiger partial charge in [0.25, 0.3) is 5.56 Å². The number of aromatic amines is 1. The Kier molecular flexibility index (Phi) is 6.54. The van der Waals surface area contributed by atoms with Crippen LogP contribution < -0.4 is 15.0 Å². The Bertz CT molecular complexity index is 1200. The molecule has 2 unspecified atom stereocenters. The van der Waals surface area contributed by atoms with Crippen molar-refractivity contribution in [1.82, 2.24) is 30.1 Å². The molecule has 3 heterocycles. The van der Waals surface area contributed by atoms with E-state index < -0.39 is 0 Å². The number of piperidine rings is 1. The maximum absolute atomic E-state index is 13.5. The van der Waals surface area contributed by atoms with Gasteiger partial charge in [-0.1, -0.05) is 26.2 Å². The first-order chi connectivity index (χ1) is 16.6. The van der Waals surface area contributed by atoms with E-state index >= 15 is 0 Å². The second-order valence-corrected chi connectivity index (χ2v) is 9.77. The summed E-state index contributed by atoms with van der Waals surface area (Å²) in [6, 6.07) is 5.67. The Morgan fingerprint density at radius 3 is 2.53 bits per heavy atom. The van der Waals surface area contributed by atoms with Gasteiger partial charge in [0.15, 0.2) is 17.3 Å². The summed E-state index contributed by atoms with van der Waals surface area (Å²) in [4.78, 5) is 19.0.